The zero-order valence-electron chi connectivity index (χ0n) is 17.6. The van der Waals surface area contributed by atoms with Crippen LogP contribution in [0.5, 0.6) is 5.75 Å². The van der Waals surface area contributed by atoms with Crippen molar-refractivity contribution in [2.24, 2.45) is 0 Å². The third-order valence-corrected chi connectivity index (χ3v) is 5.22. The molecule has 1 aliphatic heterocycles. The molecular formula is C24H27NO5. The first-order chi connectivity index (χ1) is 14.5. The lowest BCUT2D eigenvalue weighted by Gasteiger charge is -2.16. The molecule has 2 aromatic carbocycles. The molecule has 0 saturated heterocycles. The summed E-state index contributed by atoms with van der Waals surface area (Å²) in [6, 6.07) is 11.3. The first-order valence-corrected chi connectivity index (χ1v) is 10.3. The molecule has 6 heteroatoms. The molecule has 2 aromatic rings. The van der Waals surface area contributed by atoms with Crippen LogP contribution in [0, 0.1) is 0 Å². The van der Waals surface area contributed by atoms with Crippen LogP contribution in [0.1, 0.15) is 77.0 Å². The summed E-state index contributed by atoms with van der Waals surface area (Å²) in [7, 11) is 1.48. The number of benzene rings is 2. The highest BCUT2D eigenvalue weighted by Gasteiger charge is 2.38. The Balaban J connectivity index is 1.76. The molecule has 158 valence electrons. The molecule has 30 heavy (non-hydrogen) atoms. The van der Waals surface area contributed by atoms with Crippen LogP contribution >= 0.6 is 0 Å². The van der Waals surface area contributed by atoms with Crippen molar-refractivity contribution in [3.63, 3.8) is 0 Å². The number of carbonyl (C=O) groups is 3. The number of amides is 2. The van der Waals surface area contributed by atoms with Gasteiger partial charge >= 0.3 is 5.97 Å². The van der Waals surface area contributed by atoms with Crippen LogP contribution in [0.25, 0.3) is 0 Å². The minimum Gasteiger partial charge on any atom is -0.495 e. The SMILES string of the molecule is CCCCCC[C@@H](C)OC(=O)c1ccc2c(c1)C(=O)N(c1ccccc1OC)C2=O. The van der Waals surface area contributed by atoms with E-state index in [1.165, 1.54) is 31.7 Å². The summed E-state index contributed by atoms with van der Waals surface area (Å²) >= 11 is 0. The van der Waals surface area contributed by atoms with Gasteiger partial charge in [-0.15, -0.1) is 0 Å². The third-order valence-electron chi connectivity index (χ3n) is 5.22. The van der Waals surface area contributed by atoms with Crippen LogP contribution in [-0.4, -0.2) is 31.0 Å². The average Bonchev–Trinajstić information content (AvgIpc) is 3.00. The van der Waals surface area contributed by atoms with Crippen molar-refractivity contribution in [2.75, 3.05) is 12.0 Å². The molecule has 3 rings (SSSR count). The van der Waals surface area contributed by atoms with Gasteiger partial charge < -0.3 is 9.47 Å². The van der Waals surface area contributed by atoms with E-state index in [1.807, 2.05) is 6.92 Å². The summed E-state index contributed by atoms with van der Waals surface area (Å²) in [4.78, 5) is 39.4. The van der Waals surface area contributed by atoms with E-state index in [1.54, 1.807) is 24.3 Å². The number of anilines is 1. The maximum Gasteiger partial charge on any atom is 0.338 e. The fourth-order valence-electron chi connectivity index (χ4n) is 3.57. The molecule has 0 radical (unpaired) electrons. The quantitative estimate of drug-likeness (QED) is 0.331. The van der Waals surface area contributed by atoms with Gasteiger partial charge in [-0.1, -0.05) is 38.3 Å². The van der Waals surface area contributed by atoms with Gasteiger partial charge in [0.2, 0.25) is 0 Å². The number of para-hydroxylation sites is 2. The fraction of sp³-hybridized carbons (Fsp3) is 0.375. The van der Waals surface area contributed by atoms with Gasteiger partial charge in [0.05, 0.1) is 35.6 Å². The Bertz CT molecular complexity index is 952. The summed E-state index contributed by atoms with van der Waals surface area (Å²) in [5.74, 6) is -0.995. The predicted molar refractivity (Wildman–Crippen MR) is 114 cm³/mol. The van der Waals surface area contributed by atoms with Crippen molar-refractivity contribution < 1.29 is 23.9 Å². The number of hydrogen-bond donors (Lipinski definition) is 0. The molecule has 1 heterocycles. The third kappa shape index (κ3) is 4.37. The molecule has 0 N–H and O–H groups in total. The van der Waals surface area contributed by atoms with Gasteiger partial charge in [-0.25, -0.2) is 9.69 Å². The van der Waals surface area contributed by atoms with Gasteiger partial charge in [0.15, 0.2) is 0 Å². The predicted octanol–water partition coefficient (Wildman–Crippen LogP) is 5.01. The van der Waals surface area contributed by atoms with E-state index in [-0.39, 0.29) is 22.8 Å². The Hall–Kier alpha value is -3.15. The van der Waals surface area contributed by atoms with Crippen molar-refractivity contribution in [2.45, 2.75) is 52.1 Å². The standard InChI is InChI=1S/C24H27NO5/c1-4-5-6-7-10-16(2)30-24(28)17-13-14-18-19(15-17)23(27)25(22(18)26)20-11-8-9-12-21(20)29-3/h8-9,11-16H,4-7,10H2,1-3H3/t16-/m1/s1. The molecule has 0 bridgehead atoms. The zero-order valence-corrected chi connectivity index (χ0v) is 17.6. The van der Waals surface area contributed by atoms with Gasteiger partial charge in [0.1, 0.15) is 5.75 Å². The molecule has 6 nitrogen and oxygen atoms in total. The van der Waals surface area contributed by atoms with Gasteiger partial charge in [-0.3, -0.25) is 9.59 Å². The highest BCUT2D eigenvalue weighted by molar-refractivity contribution is 6.35. The molecule has 0 saturated carbocycles. The number of nitrogens with zero attached hydrogens (tertiary/aromatic N) is 1. The molecule has 0 aliphatic carbocycles. The largest absolute Gasteiger partial charge is 0.495 e. The summed E-state index contributed by atoms with van der Waals surface area (Å²) in [6.07, 6.45) is 5.05. The lowest BCUT2D eigenvalue weighted by atomic mass is 10.1. The number of rotatable bonds is 9. The van der Waals surface area contributed by atoms with E-state index in [0.717, 1.165) is 30.6 Å². The Morgan fingerprint density at radius 2 is 1.73 bits per heavy atom. The van der Waals surface area contributed by atoms with E-state index < -0.39 is 17.8 Å². The summed E-state index contributed by atoms with van der Waals surface area (Å²) < 4.78 is 10.8. The second kappa shape index (κ2) is 9.57. The monoisotopic (exact) mass is 409 g/mol. The van der Waals surface area contributed by atoms with E-state index in [0.29, 0.717) is 11.4 Å². The summed E-state index contributed by atoms with van der Waals surface area (Å²) in [5, 5.41) is 0. The van der Waals surface area contributed by atoms with E-state index in [9.17, 15) is 14.4 Å². The first-order valence-electron chi connectivity index (χ1n) is 10.3. The summed E-state index contributed by atoms with van der Waals surface area (Å²) in [6.45, 7) is 4.02. The number of imide groups is 1. The summed E-state index contributed by atoms with van der Waals surface area (Å²) in [5.41, 5.74) is 1.08. The minimum atomic E-state index is -0.489. The van der Waals surface area contributed by atoms with Crippen LogP contribution in [0.3, 0.4) is 0 Å². The smallest absolute Gasteiger partial charge is 0.338 e. The number of ether oxygens (including phenoxy) is 2. The number of fused-ring (bicyclic) bond motifs is 1. The molecule has 1 aliphatic rings. The maximum absolute atomic E-state index is 13.0. The highest BCUT2D eigenvalue weighted by atomic mass is 16.5. The van der Waals surface area contributed by atoms with Crippen molar-refractivity contribution in [1.29, 1.82) is 0 Å². The van der Waals surface area contributed by atoms with Crippen LogP contribution in [0.15, 0.2) is 42.5 Å². The lowest BCUT2D eigenvalue weighted by Crippen LogP contribution is -2.29. The number of carbonyl (C=O) groups excluding carboxylic acids is 3. The number of esters is 1. The second-order valence-corrected chi connectivity index (χ2v) is 7.44. The average molecular weight is 409 g/mol. The zero-order chi connectivity index (χ0) is 21.7. The van der Waals surface area contributed by atoms with E-state index in [4.69, 9.17) is 9.47 Å². The van der Waals surface area contributed by atoms with Gasteiger partial charge in [-0.05, 0) is 50.1 Å². The van der Waals surface area contributed by atoms with Gasteiger partial charge in [0, 0.05) is 0 Å². The molecular weight excluding hydrogens is 382 g/mol. The molecule has 1 atom stereocenters. The molecule has 0 unspecified atom stereocenters. The van der Waals surface area contributed by atoms with Crippen LogP contribution in [0.2, 0.25) is 0 Å². The highest BCUT2D eigenvalue weighted by Crippen LogP contribution is 2.35. The fourth-order valence-corrected chi connectivity index (χ4v) is 3.57. The van der Waals surface area contributed by atoms with E-state index in [2.05, 4.69) is 6.92 Å². The topological polar surface area (TPSA) is 72.9 Å². The first kappa shape index (κ1) is 21.6. The lowest BCUT2D eigenvalue weighted by molar-refractivity contribution is 0.0319. The van der Waals surface area contributed by atoms with Gasteiger partial charge in [-0.2, -0.15) is 0 Å². The molecule has 2 amide bonds. The van der Waals surface area contributed by atoms with Crippen LogP contribution in [0.4, 0.5) is 5.69 Å². The Morgan fingerprint density at radius 3 is 2.47 bits per heavy atom. The van der Waals surface area contributed by atoms with Crippen molar-refractivity contribution in [3.8, 4) is 5.75 Å². The molecule has 0 fully saturated rings. The Labute approximate surface area is 176 Å². The van der Waals surface area contributed by atoms with E-state index >= 15 is 0 Å². The number of methoxy groups -OCH3 is 1. The minimum absolute atomic E-state index is 0.191. The Kier molecular flexibility index (Phi) is 6.87. The second-order valence-electron chi connectivity index (χ2n) is 7.44. The molecule has 0 spiro atoms. The van der Waals surface area contributed by atoms with Crippen molar-refractivity contribution >= 4 is 23.5 Å². The maximum atomic E-state index is 13.0. The van der Waals surface area contributed by atoms with Crippen molar-refractivity contribution in [1.82, 2.24) is 0 Å². The van der Waals surface area contributed by atoms with Crippen molar-refractivity contribution in [3.05, 3.63) is 59.2 Å². The number of unbranched alkanes of at least 4 members (excludes halogenated alkanes) is 3. The van der Waals surface area contributed by atoms with Gasteiger partial charge in [0.25, 0.3) is 11.8 Å². The Morgan fingerprint density at radius 1 is 1.00 bits per heavy atom. The van der Waals surface area contributed by atoms with Crippen LogP contribution in [-0.2, 0) is 4.74 Å². The molecule has 0 aromatic heterocycles. The van der Waals surface area contributed by atoms with Crippen LogP contribution < -0.4 is 9.64 Å². The normalized spacial score (nSPS) is 13.9. The number of hydrogen-bond acceptors (Lipinski definition) is 5.